The van der Waals surface area contributed by atoms with Gasteiger partial charge in [-0.2, -0.15) is 0 Å². The van der Waals surface area contributed by atoms with Crippen LogP contribution < -0.4 is 0 Å². The average Bonchev–Trinajstić information content (AvgIpc) is 3.05. The number of allylic oxidation sites excluding steroid dienone is 1. The molecule has 0 amide bonds. The smallest absolute Gasteiger partial charge is 0.334 e. The molecule has 1 saturated carbocycles. The predicted molar refractivity (Wildman–Crippen MR) is 117 cm³/mol. The second-order valence-electron chi connectivity index (χ2n) is 9.35. The fraction of sp³-hybridized carbons (Fsp3) is 0.667. The maximum absolute atomic E-state index is 13.0. The standard InChI is InChI=1S/C24H34O9/c1-8-12(4)22(28)31-18-13(5)9-10-15(25)24(7,30)20(33-21(27)11(2)3)19-16(17(18)26)14(6)23(29)32-19/h8,11,13,16-20,26,30H,6,9-10H2,1-5,7H3/b12-8-/t13-,16-,17-,18-,19+,20-,24+/m1/s1. The average molecular weight is 467 g/mol. The van der Waals surface area contributed by atoms with E-state index >= 15 is 0 Å². The van der Waals surface area contributed by atoms with Gasteiger partial charge in [-0.05, 0) is 33.1 Å². The fourth-order valence-electron chi connectivity index (χ4n) is 4.02. The van der Waals surface area contributed by atoms with Crippen molar-refractivity contribution in [1.82, 2.24) is 0 Å². The van der Waals surface area contributed by atoms with Crippen LogP contribution in [0.4, 0.5) is 0 Å². The van der Waals surface area contributed by atoms with Gasteiger partial charge in [0, 0.05) is 17.6 Å². The first-order chi connectivity index (χ1) is 15.2. The quantitative estimate of drug-likeness (QED) is 0.360. The molecular weight excluding hydrogens is 432 g/mol. The maximum Gasteiger partial charge on any atom is 0.334 e. The molecule has 2 fully saturated rings. The molecule has 2 N–H and O–H groups in total. The van der Waals surface area contributed by atoms with Crippen molar-refractivity contribution in [3.05, 3.63) is 23.8 Å². The maximum atomic E-state index is 13.0. The highest BCUT2D eigenvalue weighted by atomic mass is 16.6. The summed E-state index contributed by atoms with van der Waals surface area (Å²) in [5.41, 5.74) is -2.00. The normalized spacial score (nSPS) is 35.7. The lowest BCUT2D eigenvalue weighted by Crippen LogP contribution is -2.59. The number of aliphatic hydroxyl groups excluding tert-OH is 1. The summed E-state index contributed by atoms with van der Waals surface area (Å²) in [4.78, 5) is 50.3. The first-order valence-corrected chi connectivity index (χ1v) is 11.1. The van der Waals surface area contributed by atoms with Crippen LogP contribution in [0.2, 0.25) is 0 Å². The van der Waals surface area contributed by atoms with E-state index < -0.39 is 71.5 Å². The van der Waals surface area contributed by atoms with Gasteiger partial charge in [-0.3, -0.25) is 9.59 Å². The van der Waals surface area contributed by atoms with E-state index in [-0.39, 0.29) is 18.4 Å². The molecule has 184 valence electrons. The minimum atomic E-state index is -2.19. The molecule has 0 radical (unpaired) electrons. The number of ketones is 1. The molecular formula is C24H34O9. The van der Waals surface area contributed by atoms with Crippen LogP contribution in [-0.4, -0.2) is 63.9 Å². The molecule has 0 bridgehead atoms. The van der Waals surface area contributed by atoms with Gasteiger partial charge in [0.15, 0.2) is 23.6 Å². The van der Waals surface area contributed by atoms with Crippen molar-refractivity contribution < 1.29 is 43.6 Å². The molecule has 2 aliphatic rings. The van der Waals surface area contributed by atoms with Crippen LogP contribution in [0.25, 0.3) is 0 Å². The molecule has 0 aromatic heterocycles. The van der Waals surface area contributed by atoms with E-state index in [0.29, 0.717) is 5.57 Å². The summed E-state index contributed by atoms with van der Waals surface area (Å²) >= 11 is 0. The van der Waals surface area contributed by atoms with Crippen molar-refractivity contribution in [2.75, 3.05) is 0 Å². The first kappa shape index (κ1) is 26.7. The number of ether oxygens (including phenoxy) is 3. The van der Waals surface area contributed by atoms with Gasteiger partial charge < -0.3 is 24.4 Å². The third-order valence-corrected chi connectivity index (χ3v) is 6.48. The summed E-state index contributed by atoms with van der Waals surface area (Å²) in [6, 6.07) is 0. The molecule has 1 saturated heterocycles. The van der Waals surface area contributed by atoms with Crippen molar-refractivity contribution in [3.8, 4) is 0 Å². The number of carbonyl (C=O) groups is 4. The van der Waals surface area contributed by atoms with E-state index in [9.17, 15) is 29.4 Å². The summed E-state index contributed by atoms with van der Waals surface area (Å²) in [6.45, 7) is 13.0. The van der Waals surface area contributed by atoms with Crippen molar-refractivity contribution in [2.45, 2.75) is 84.4 Å². The van der Waals surface area contributed by atoms with Crippen LogP contribution in [-0.2, 0) is 33.4 Å². The van der Waals surface area contributed by atoms with Crippen LogP contribution in [0.15, 0.2) is 23.8 Å². The number of hydrogen-bond acceptors (Lipinski definition) is 9. The van der Waals surface area contributed by atoms with Gasteiger partial charge in [0.2, 0.25) is 0 Å². The number of carbonyl (C=O) groups excluding carboxylic acids is 4. The number of rotatable bonds is 4. The third kappa shape index (κ3) is 5.35. The largest absolute Gasteiger partial charge is 0.456 e. The SMILES string of the molecule is C=C1C(=O)O[C@H]2[C@H]1[C@@H](O)[C@H](OC(=O)/C(C)=C\C)[C@H](C)CCC(=O)[C@](C)(O)[C@@H]2OC(=O)C(C)C. The van der Waals surface area contributed by atoms with E-state index in [4.69, 9.17) is 14.2 Å². The zero-order valence-electron chi connectivity index (χ0n) is 20.0. The molecule has 0 aromatic carbocycles. The minimum Gasteiger partial charge on any atom is -0.456 e. The van der Waals surface area contributed by atoms with Gasteiger partial charge >= 0.3 is 17.9 Å². The van der Waals surface area contributed by atoms with Gasteiger partial charge in [-0.15, -0.1) is 0 Å². The highest BCUT2D eigenvalue weighted by Gasteiger charge is 2.58. The van der Waals surface area contributed by atoms with Crippen LogP contribution >= 0.6 is 0 Å². The van der Waals surface area contributed by atoms with Gasteiger partial charge in [-0.25, -0.2) is 9.59 Å². The molecule has 1 heterocycles. The second-order valence-corrected chi connectivity index (χ2v) is 9.35. The summed E-state index contributed by atoms with van der Waals surface area (Å²) < 4.78 is 16.4. The van der Waals surface area contributed by atoms with E-state index in [0.717, 1.165) is 0 Å². The zero-order valence-corrected chi connectivity index (χ0v) is 20.0. The summed E-state index contributed by atoms with van der Waals surface area (Å²) in [5.74, 6) is -5.15. The molecule has 9 nitrogen and oxygen atoms in total. The third-order valence-electron chi connectivity index (χ3n) is 6.48. The molecule has 0 unspecified atom stereocenters. The Morgan fingerprint density at radius 3 is 2.42 bits per heavy atom. The molecule has 1 aliphatic heterocycles. The summed E-state index contributed by atoms with van der Waals surface area (Å²) in [6.07, 6.45) is -3.99. The lowest BCUT2D eigenvalue weighted by atomic mass is 9.75. The van der Waals surface area contributed by atoms with Gasteiger partial charge in [0.25, 0.3) is 0 Å². The molecule has 33 heavy (non-hydrogen) atoms. The molecule has 7 atom stereocenters. The van der Waals surface area contributed by atoms with E-state index in [1.807, 2.05) is 0 Å². The Labute approximate surface area is 193 Å². The number of aliphatic hydroxyl groups is 2. The van der Waals surface area contributed by atoms with Crippen LogP contribution in [0.1, 0.15) is 54.4 Å². The van der Waals surface area contributed by atoms with Crippen molar-refractivity contribution in [2.24, 2.45) is 17.8 Å². The highest BCUT2D eigenvalue weighted by Crippen LogP contribution is 2.41. The molecule has 0 spiro atoms. The first-order valence-electron chi connectivity index (χ1n) is 11.1. The van der Waals surface area contributed by atoms with Crippen molar-refractivity contribution in [3.63, 3.8) is 0 Å². The predicted octanol–water partition coefficient (Wildman–Crippen LogP) is 1.64. The number of fused-ring (bicyclic) bond motifs is 1. The van der Waals surface area contributed by atoms with E-state index in [2.05, 4.69) is 6.58 Å². The number of esters is 3. The minimum absolute atomic E-state index is 0.127. The van der Waals surface area contributed by atoms with E-state index in [1.165, 1.54) is 6.92 Å². The monoisotopic (exact) mass is 466 g/mol. The Bertz CT molecular complexity index is 854. The van der Waals surface area contributed by atoms with Crippen LogP contribution in [0, 0.1) is 17.8 Å². The van der Waals surface area contributed by atoms with Gasteiger partial charge in [0.05, 0.1) is 11.8 Å². The Morgan fingerprint density at radius 2 is 1.88 bits per heavy atom. The molecule has 0 aromatic rings. The summed E-state index contributed by atoms with van der Waals surface area (Å²) in [5, 5.41) is 22.5. The lowest BCUT2D eigenvalue weighted by Gasteiger charge is -2.40. The molecule has 1 aliphatic carbocycles. The van der Waals surface area contributed by atoms with Gasteiger partial charge in [-0.1, -0.05) is 33.4 Å². The lowest BCUT2D eigenvalue weighted by molar-refractivity contribution is -0.198. The second kappa shape index (κ2) is 10.2. The Morgan fingerprint density at radius 1 is 1.27 bits per heavy atom. The Hall–Kier alpha value is -2.52. The summed E-state index contributed by atoms with van der Waals surface area (Å²) in [7, 11) is 0. The Kier molecular flexibility index (Phi) is 8.24. The topological polar surface area (TPSA) is 136 Å². The van der Waals surface area contributed by atoms with E-state index in [1.54, 1.807) is 40.7 Å². The number of hydrogen-bond donors (Lipinski definition) is 2. The zero-order chi connectivity index (χ0) is 25.2. The fourth-order valence-corrected chi connectivity index (χ4v) is 4.02. The van der Waals surface area contributed by atoms with Gasteiger partial charge in [0.1, 0.15) is 12.2 Å². The van der Waals surface area contributed by atoms with Crippen molar-refractivity contribution in [1.29, 1.82) is 0 Å². The molecule has 9 heteroatoms. The Balaban J connectivity index is 2.58. The highest BCUT2D eigenvalue weighted by molar-refractivity contribution is 5.92. The molecule has 2 rings (SSSR count). The van der Waals surface area contributed by atoms with Crippen LogP contribution in [0.3, 0.4) is 0 Å². The number of Topliss-reactive ketones (excluding diaryl/α,β-unsaturated/α-hetero) is 1. The van der Waals surface area contributed by atoms with Crippen LogP contribution in [0.5, 0.6) is 0 Å². The van der Waals surface area contributed by atoms with Crippen molar-refractivity contribution >= 4 is 23.7 Å².